The Hall–Kier alpha value is -1.16. The van der Waals surface area contributed by atoms with E-state index in [-0.39, 0.29) is 11.8 Å². The van der Waals surface area contributed by atoms with E-state index in [0.29, 0.717) is 17.5 Å². The summed E-state index contributed by atoms with van der Waals surface area (Å²) in [4.78, 5) is 11.9. The Morgan fingerprint density at radius 1 is 1.56 bits per heavy atom. The van der Waals surface area contributed by atoms with Crippen LogP contribution in [-0.2, 0) is 16.0 Å². The molecule has 0 N–H and O–H groups in total. The molecule has 0 heterocycles. The van der Waals surface area contributed by atoms with E-state index in [1.54, 1.807) is 26.0 Å². The number of esters is 1. The molecule has 0 aromatic heterocycles. The third-order valence-electron chi connectivity index (χ3n) is 2.69. The SMILES string of the molecule is C=CC(C)(Cc1cc(F)cc(Br)c1)C(=O)OCC. The highest BCUT2D eigenvalue weighted by atomic mass is 79.9. The van der Waals surface area contributed by atoms with Gasteiger partial charge in [-0.3, -0.25) is 4.79 Å². The molecule has 0 spiro atoms. The van der Waals surface area contributed by atoms with E-state index in [2.05, 4.69) is 22.5 Å². The van der Waals surface area contributed by atoms with Crippen LogP contribution in [-0.4, -0.2) is 12.6 Å². The molecule has 0 saturated heterocycles. The van der Waals surface area contributed by atoms with Gasteiger partial charge < -0.3 is 4.74 Å². The van der Waals surface area contributed by atoms with Gasteiger partial charge in [-0.05, 0) is 44.0 Å². The summed E-state index contributed by atoms with van der Waals surface area (Å²) in [6.07, 6.45) is 1.90. The van der Waals surface area contributed by atoms with Crippen molar-refractivity contribution in [1.29, 1.82) is 0 Å². The third-order valence-corrected chi connectivity index (χ3v) is 3.14. The smallest absolute Gasteiger partial charge is 0.315 e. The van der Waals surface area contributed by atoms with Gasteiger partial charge in [0.15, 0.2) is 0 Å². The highest BCUT2D eigenvalue weighted by molar-refractivity contribution is 9.10. The third kappa shape index (κ3) is 3.67. The molecule has 0 radical (unpaired) electrons. The lowest BCUT2D eigenvalue weighted by Crippen LogP contribution is -2.30. The van der Waals surface area contributed by atoms with Crippen molar-refractivity contribution >= 4 is 21.9 Å². The van der Waals surface area contributed by atoms with E-state index in [1.807, 2.05) is 0 Å². The molecule has 1 aromatic carbocycles. The minimum Gasteiger partial charge on any atom is -0.465 e. The lowest BCUT2D eigenvalue weighted by atomic mass is 9.84. The van der Waals surface area contributed by atoms with Crippen molar-refractivity contribution in [3.63, 3.8) is 0 Å². The fourth-order valence-electron chi connectivity index (χ4n) is 1.66. The van der Waals surface area contributed by atoms with Gasteiger partial charge in [-0.1, -0.05) is 22.0 Å². The standard InChI is InChI=1S/C14H16BrFO2/c1-4-14(3,13(17)18-5-2)9-10-6-11(15)8-12(16)7-10/h4,6-8H,1,5,9H2,2-3H3. The van der Waals surface area contributed by atoms with Crippen molar-refractivity contribution in [2.75, 3.05) is 6.61 Å². The van der Waals surface area contributed by atoms with Crippen LogP contribution >= 0.6 is 15.9 Å². The van der Waals surface area contributed by atoms with Gasteiger partial charge in [-0.2, -0.15) is 0 Å². The molecule has 0 aliphatic rings. The maximum absolute atomic E-state index is 13.3. The summed E-state index contributed by atoms with van der Waals surface area (Å²) in [7, 11) is 0. The van der Waals surface area contributed by atoms with Gasteiger partial charge >= 0.3 is 5.97 Å². The van der Waals surface area contributed by atoms with E-state index in [9.17, 15) is 9.18 Å². The Bertz CT molecular complexity index is 439. The second-order valence-electron chi connectivity index (χ2n) is 4.30. The molecule has 1 rings (SSSR count). The first-order valence-corrected chi connectivity index (χ1v) is 6.46. The van der Waals surface area contributed by atoms with Gasteiger partial charge in [-0.15, -0.1) is 6.58 Å². The van der Waals surface area contributed by atoms with Crippen LogP contribution in [0.15, 0.2) is 35.3 Å². The van der Waals surface area contributed by atoms with Crippen molar-refractivity contribution in [3.8, 4) is 0 Å². The molecule has 1 unspecified atom stereocenters. The predicted octanol–water partition coefficient (Wildman–Crippen LogP) is 3.89. The minimum absolute atomic E-state index is 0.315. The zero-order valence-electron chi connectivity index (χ0n) is 10.5. The molecule has 0 bridgehead atoms. The van der Waals surface area contributed by atoms with Crippen LogP contribution in [0.1, 0.15) is 19.4 Å². The molecule has 4 heteroatoms. The first-order chi connectivity index (χ1) is 8.41. The molecule has 1 aromatic rings. The topological polar surface area (TPSA) is 26.3 Å². The van der Waals surface area contributed by atoms with Gasteiger partial charge in [0.2, 0.25) is 0 Å². The van der Waals surface area contributed by atoms with Crippen LogP contribution < -0.4 is 0 Å². The minimum atomic E-state index is -0.844. The summed E-state index contributed by atoms with van der Waals surface area (Å²) in [6.45, 7) is 7.47. The first-order valence-electron chi connectivity index (χ1n) is 5.67. The quantitative estimate of drug-likeness (QED) is 0.609. The van der Waals surface area contributed by atoms with Crippen LogP contribution in [0.5, 0.6) is 0 Å². The van der Waals surface area contributed by atoms with E-state index >= 15 is 0 Å². The Kier molecular flexibility index (Phi) is 5.08. The molecule has 2 nitrogen and oxygen atoms in total. The molecular weight excluding hydrogens is 299 g/mol. The summed E-state index contributed by atoms with van der Waals surface area (Å²) < 4.78 is 18.9. The number of halogens is 2. The number of ether oxygens (including phenoxy) is 1. The maximum atomic E-state index is 13.3. The Labute approximate surface area is 115 Å². The van der Waals surface area contributed by atoms with Gasteiger partial charge in [0.1, 0.15) is 5.82 Å². The number of carbonyl (C=O) groups is 1. The largest absolute Gasteiger partial charge is 0.465 e. The molecule has 18 heavy (non-hydrogen) atoms. The Morgan fingerprint density at radius 2 is 2.22 bits per heavy atom. The van der Waals surface area contributed by atoms with E-state index in [4.69, 9.17) is 4.74 Å². The number of benzene rings is 1. The van der Waals surface area contributed by atoms with Crippen molar-refractivity contribution in [2.45, 2.75) is 20.3 Å². The van der Waals surface area contributed by atoms with Crippen LogP contribution in [0.25, 0.3) is 0 Å². The zero-order chi connectivity index (χ0) is 13.8. The number of carbonyl (C=O) groups excluding carboxylic acids is 1. The number of hydrogen-bond acceptors (Lipinski definition) is 2. The summed E-state index contributed by atoms with van der Waals surface area (Å²) in [5.74, 6) is -0.685. The highest BCUT2D eigenvalue weighted by Gasteiger charge is 2.31. The maximum Gasteiger partial charge on any atom is 0.315 e. The van der Waals surface area contributed by atoms with Gasteiger partial charge in [0.25, 0.3) is 0 Å². The highest BCUT2D eigenvalue weighted by Crippen LogP contribution is 2.27. The summed E-state index contributed by atoms with van der Waals surface area (Å²) >= 11 is 3.23. The lowest BCUT2D eigenvalue weighted by molar-refractivity contribution is -0.151. The van der Waals surface area contributed by atoms with Crippen LogP contribution in [0.2, 0.25) is 0 Å². The number of rotatable bonds is 5. The molecule has 0 aliphatic carbocycles. The summed E-state index contributed by atoms with van der Waals surface area (Å²) in [6, 6.07) is 4.56. The first kappa shape index (κ1) is 14.9. The average molecular weight is 315 g/mol. The van der Waals surface area contributed by atoms with Crippen molar-refractivity contribution in [3.05, 3.63) is 46.7 Å². The molecule has 1 atom stereocenters. The van der Waals surface area contributed by atoms with E-state index in [0.717, 1.165) is 5.56 Å². The molecule has 0 amide bonds. The van der Waals surface area contributed by atoms with Gasteiger partial charge in [-0.25, -0.2) is 4.39 Å². The molecule has 0 fully saturated rings. The second kappa shape index (κ2) is 6.14. The van der Waals surface area contributed by atoms with Crippen molar-refractivity contribution in [1.82, 2.24) is 0 Å². The molecule has 0 aliphatic heterocycles. The molecular formula is C14H16BrFO2. The number of hydrogen-bond donors (Lipinski definition) is 0. The Morgan fingerprint density at radius 3 is 2.72 bits per heavy atom. The van der Waals surface area contributed by atoms with E-state index in [1.165, 1.54) is 12.1 Å². The molecule has 98 valence electrons. The zero-order valence-corrected chi connectivity index (χ0v) is 12.1. The summed E-state index contributed by atoms with van der Waals surface area (Å²) in [5, 5.41) is 0. The normalized spacial score (nSPS) is 13.8. The summed E-state index contributed by atoms with van der Waals surface area (Å²) in [5.41, 5.74) is -0.124. The van der Waals surface area contributed by atoms with E-state index < -0.39 is 5.41 Å². The van der Waals surface area contributed by atoms with Gasteiger partial charge in [0, 0.05) is 4.47 Å². The van der Waals surface area contributed by atoms with Gasteiger partial charge in [0.05, 0.1) is 12.0 Å². The van der Waals surface area contributed by atoms with Crippen LogP contribution in [0.4, 0.5) is 4.39 Å². The fourth-order valence-corrected chi connectivity index (χ4v) is 2.17. The average Bonchev–Trinajstić information content (AvgIpc) is 2.27. The van der Waals surface area contributed by atoms with Crippen LogP contribution in [0.3, 0.4) is 0 Å². The second-order valence-corrected chi connectivity index (χ2v) is 5.21. The van der Waals surface area contributed by atoms with Crippen LogP contribution in [0, 0.1) is 11.2 Å². The van der Waals surface area contributed by atoms with Crippen molar-refractivity contribution < 1.29 is 13.9 Å². The lowest BCUT2D eigenvalue weighted by Gasteiger charge is -2.23. The fraction of sp³-hybridized carbons (Fsp3) is 0.357. The molecule has 0 saturated carbocycles. The monoisotopic (exact) mass is 314 g/mol. The predicted molar refractivity (Wildman–Crippen MR) is 72.7 cm³/mol. The Balaban J connectivity index is 2.97. The van der Waals surface area contributed by atoms with Crippen molar-refractivity contribution in [2.24, 2.45) is 5.41 Å².